The number of carbonyl (C=O) groups excluding carboxylic acids is 2. The standard InChI is InChI=1S/C18H18FN3O2/c19-14-4-1-13(2-5-14)3-10-17(23)21-15-6-8-16(9-7-15)22-12-11-20-18(22)24/h1-2,4-9H,3,10-12H2,(H,20,24)(H,21,23). The maximum absolute atomic E-state index is 12.8. The van der Waals surface area contributed by atoms with Crippen LogP contribution in [0.15, 0.2) is 48.5 Å². The van der Waals surface area contributed by atoms with E-state index in [1.54, 1.807) is 41.3 Å². The van der Waals surface area contributed by atoms with E-state index in [1.807, 2.05) is 0 Å². The van der Waals surface area contributed by atoms with E-state index in [-0.39, 0.29) is 17.8 Å². The molecular formula is C18H18FN3O2. The number of urea groups is 1. The third kappa shape index (κ3) is 3.90. The number of anilines is 2. The van der Waals surface area contributed by atoms with Gasteiger partial charge in [0.05, 0.1) is 0 Å². The van der Waals surface area contributed by atoms with Gasteiger partial charge in [-0.15, -0.1) is 0 Å². The summed E-state index contributed by atoms with van der Waals surface area (Å²) in [5.74, 6) is -0.388. The quantitative estimate of drug-likeness (QED) is 0.887. The Kier molecular flexibility index (Phi) is 4.74. The van der Waals surface area contributed by atoms with Crippen LogP contribution in [-0.2, 0) is 11.2 Å². The van der Waals surface area contributed by atoms with Gasteiger partial charge in [-0.1, -0.05) is 12.1 Å². The molecule has 0 aliphatic carbocycles. The van der Waals surface area contributed by atoms with E-state index in [9.17, 15) is 14.0 Å². The molecule has 1 heterocycles. The van der Waals surface area contributed by atoms with Crippen molar-refractivity contribution >= 4 is 23.3 Å². The van der Waals surface area contributed by atoms with Gasteiger partial charge in [0.25, 0.3) is 0 Å². The fraction of sp³-hybridized carbons (Fsp3) is 0.222. The predicted molar refractivity (Wildman–Crippen MR) is 90.5 cm³/mol. The molecule has 0 saturated carbocycles. The molecule has 1 aliphatic rings. The summed E-state index contributed by atoms with van der Waals surface area (Å²) in [6.45, 7) is 1.28. The Morgan fingerprint density at radius 2 is 1.83 bits per heavy atom. The third-order valence-corrected chi connectivity index (χ3v) is 3.87. The Balaban J connectivity index is 1.52. The van der Waals surface area contributed by atoms with E-state index in [0.29, 0.717) is 31.6 Å². The molecule has 5 nitrogen and oxygen atoms in total. The topological polar surface area (TPSA) is 61.4 Å². The highest BCUT2D eigenvalue weighted by Gasteiger charge is 2.20. The molecule has 0 unspecified atom stereocenters. The fourth-order valence-electron chi connectivity index (χ4n) is 2.58. The molecule has 0 atom stereocenters. The van der Waals surface area contributed by atoms with E-state index in [0.717, 1.165) is 11.3 Å². The lowest BCUT2D eigenvalue weighted by molar-refractivity contribution is -0.116. The number of nitrogens with one attached hydrogen (secondary N) is 2. The summed E-state index contributed by atoms with van der Waals surface area (Å²) in [7, 11) is 0. The second-order valence-electron chi connectivity index (χ2n) is 5.61. The van der Waals surface area contributed by atoms with Crippen LogP contribution in [0.2, 0.25) is 0 Å². The van der Waals surface area contributed by atoms with E-state index >= 15 is 0 Å². The number of amides is 3. The lowest BCUT2D eigenvalue weighted by atomic mass is 10.1. The van der Waals surface area contributed by atoms with Gasteiger partial charge in [0, 0.05) is 30.9 Å². The average Bonchev–Trinajstić information content (AvgIpc) is 3.01. The molecule has 2 aromatic rings. The van der Waals surface area contributed by atoms with E-state index in [1.165, 1.54) is 12.1 Å². The highest BCUT2D eigenvalue weighted by atomic mass is 19.1. The van der Waals surface area contributed by atoms with E-state index in [2.05, 4.69) is 10.6 Å². The van der Waals surface area contributed by atoms with Crippen LogP contribution in [0, 0.1) is 5.82 Å². The first-order valence-electron chi connectivity index (χ1n) is 7.81. The number of rotatable bonds is 5. The molecule has 1 aliphatic heterocycles. The fourth-order valence-corrected chi connectivity index (χ4v) is 2.58. The lowest BCUT2D eigenvalue weighted by Crippen LogP contribution is -2.27. The Morgan fingerprint density at radius 3 is 2.46 bits per heavy atom. The minimum atomic E-state index is -0.282. The van der Waals surface area contributed by atoms with Gasteiger partial charge in [-0.2, -0.15) is 0 Å². The number of aryl methyl sites for hydroxylation is 1. The number of halogens is 1. The Bertz CT molecular complexity index is 729. The summed E-state index contributed by atoms with van der Waals surface area (Å²) in [5, 5.41) is 5.56. The molecule has 2 aromatic carbocycles. The summed E-state index contributed by atoms with van der Waals surface area (Å²) in [4.78, 5) is 25.2. The van der Waals surface area contributed by atoms with Crippen molar-refractivity contribution in [1.29, 1.82) is 0 Å². The van der Waals surface area contributed by atoms with Crippen molar-refractivity contribution in [2.75, 3.05) is 23.3 Å². The van der Waals surface area contributed by atoms with Crippen LogP contribution < -0.4 is 15.5 Å². The molecular weight excluding hydrogens is 309 g/mol. The Hall–Kier alpha value is -2.89. The van der Waals surface area contributed by atoms with Crippen molar-refractivity contribution in [3.63, 3.8) is 0 Å². The van der Waals surface area contributed by atoms with Crippen molar-refractivity contribution in [3.8, 4) is 0 Å². The first kappa shape index (κ1) is 16.0. The van der Waals surface area contributed by atoms with E-state index in [4.69, 9.17) is 0 Å². The van der Waals surface area contributed by atoms with Gasteiger partial charge in [-0.25, -0.2) is 9.18 Å². The zero-order chi connectivity index (χ0) is 16.9. The van der Waals surface area contributed by atoms with Gasteiger partial charge in [0.15, 0.2) is 0 Å². The maximum Gasteiger partial charge on any atom is 0.321 e. The molecule has 1 saturated heterocycles. The molecule has 124 valence electrons. The Morgan fingerprint density at radius 1 is 1.12 bits per heavy atom. The van der Waals surface area contributed by atoms with Crippen LogP contribution in [0.5, 0.6) is 0 Å². The monoisotopic (exact) mass is 327 g/mol. The van der Waals surface area contributed by atoms with Gasteiger partial charge >= 0.3 is 6.03 Å². The zero-order valence-corrected chi connectivity index (χ0v) is 13.1. The molecule has 6 heteroatoms. The summed E-state index contributed by atoms with van der Waals surface area (Å²) in [6.07, 6.45) is 0.875. The second kappa shape index (κ2) is 7.12. The summed E-state index contributed by atoms with van der Waals surface area (Å²) in [6, 6.07) is 13.2. The van der Waals surface area contributed by atoms with Crippen LogP contribution >= 0.6 is 0 Å². The van der Waals surface area contributed by atoms with Crippen molar-refractivity contribution in [2.24, 2.45) is 0 Å². The van der Waals surface area contributed by atoms with Gasteiger partial charge in [0.2, 0.25) is 5.91 Å². The predicted octanol–water partition coefficient (Wildman–Crippen LogP) is 2.93. The zero-order valence-electron chi connectivity index (χ0n) is 13.1. The van der Waals surface area contributed by atoms with Crippen LogP contribution in [0.4, 0.5) is 20.6 Å². The first-order chi connectivity index (χ1) is 11.6. The Labute approximate surface area is 139 Å². The van der Waals surface area contributed by atoms with Gasteiger partial charge < -0.3 is 10.6 Å². The minimum Gasteiger partial charge on any atom is -0.336 e. The lowest BCUT2D eigenvalue weighted by Gasteiger charge is -2.14. The average molecular weight is 327 g/mol. The van der Waals surface area contributed by atoms with Gasteiger partial charge in [-0.3, -0.25) is 9.69 Å². The number of nitrogens with zero attached hydrogens (tertiary/aromatic N) is 1. The van der Waals surface area contributed by atoms with Crippen molar-refractivity contribution in [1.82, 2.24) is 5.32 Å². The van der Waals surface area contributed by atoms with Gasteiger partial charge in [-0.05, 0) is 48.4 Å². The summed E-state index contributed by atoms with van der Waals surface area (Å²) < 4.78 is 12.8. The largest absolute Gasteiger partial charge is 0.336 e. The molecule has 2 N–H and O–H groups in total. The second-order valence-corrected chi connectivity index (χ2v) is 5.61. The van der Waals surface area contributed by atoms with Gasteiger partial charge in [0.1, 0.15) is 5.82 Å². The number of benzene rings is 2. The number of carbonyl (C=O) groups is 2. The molecule has 3 rings (SSSR count). The van der Waals surface area contributed by atoms with Crippen LogP contribution in [0.3, 0.4) is 0 Å². The third-order valence-electron chi connectivity index (χ3n) is 3.87. The number of hydrogen-bond acceptors (Lipinski definition) is 2. The minimum absolute atomic E-state index is 0.105. The normalized spacial score (nSPS) is 13.7. The highest BCUT2D eigenvalue weighted by molar-refractivity contribution is 5.95. The van der Waals surface area contributed by atoms with Crippen molar-refractivity contribution in [3.05, 3.63) is 59.9 Å². The van der Waals surface area contributed by atoms with Crippen LogP contribution in [0.25, 0.3) is 0 Å². The van der Waals surface area contributed by atoms with Crippen molar-refractivity contribution < 1.29 is 14.0 Å². The number of hydrogen-bond donors (Lipinski definition) is 2. The molecule has 24 heavy (non-hydrogen) atoms. The van der Waals surface area contributed by atoms with Crippen LogP contribution in [0.1, 0.15) is 12.0 Å². The highest BCUT2D eigenvalue weighted by Crippen LogP contribution is 2.19. The maximum atomic E-state index is 12.8. The molecule has 1 fully saturated rings. The molecule has 0 radical (unpaired) electrons. The summed E-state index contributed by atoms with van der Waals surface area (Å²) >= 11 is 0. The molecule has 0 aromatic heterocycles. The van der Waals surface area contributed by atoms with Crippen molar-refractivity contribution in [2.45, 2.75) is 12.8 Å². The molecule has 0 spiro atoms. The smallest absolute Gasteiger partial charge is 0.321 e. The summed E-state index contributed by atoms with van der Waals surface area (Å²) in [5.41, 5.74) is 2.40. The van der Waals surface area contributed by atoms with E-state index < -0.39 is 0 Å². The SMILES string of the molecule is O=C(CCc1ccc(F)cc1)Nc1ccc(N2CCNC2=O)cc1. The first-order valence-corrected chi connectivity index (χ1v) is 7.81. The molecule has 3 amide bonds. The van der Waals surface area contributed by atoms with Crippen LogP contribution in [-0.4, -0.2) is 25.0 Å². The molecule has 0 bridgehead atoms.